The second-order valence-corrected chi connectivity index (χ2v) is 7.94. The van der Waals surface area contributed by atoms with Crippen molar-refractivity contribution in [2.75, 3.05) is 23.3 Å². The Kier molecular flexibility index (Phi) is 4.84. The molecule has 1 N–H and O–H groups in total. The van der Waals surface area contributed by atoms with Crippen LogP contribution < -0.4 is 15.8 Å². The highest BCUT2D eigenvalue weighted by Gasteiger charge is 2.19. The van der Waals surface area contributed by atoms with Gasteiger partial charge in [0.1, 0.15) is 17.6 Å². The van der Waals surface area contributed by atoms with E-state index >= 15 is 0 Å². The number of nitrogens with one attached hydrogen (secondary N) is 1. The van der Waals surface area contributed by atoms with Crippen LogP contribution in [-0.2, 0) is 11.3 Å². The number of hydrogen-bond donors (Lipinski definition) is 1. The molecule has 0 unspecified atom stereocenters. The summed E-state index contributed by atoms with van der Waals surface area (Å²) in [5, 5.41) is 4.15. The first-order valence-corrected chi connectivity index (χ1v) is 9.87. The zero-order valence-corrected chi connectivity index (χ0v) is 16.3. The number of carbonyl (C=O) groups is 1. The largest absolute Gasteiger partial charge is 0.348 e. The summed E-state index contributed by atoms with van der Waals surface area (Å²) in [6, 6.07) is 5.27. The molecule has 0 atom stereocenters. The van der Waals surface area contributed by atoms with E-state index in [4.69, 9.17) is 11.6 Å². The van der Waals surface area contributed by atoms with E-state index in [1.165, 1.54) is 22.2 Å². The van der Waals surface area contributed by atoms with Crippen molar-refractivity contribution in [2.45, 2.75) is 26.3 Å². The van der Waals surface area contributed by atoms with E-state index < -0.39 is 0 Å². The Morgan fingerprint density at radius 3 is 2.89 bits per heavy atom. The number of rotatable bonds is 4. The molecule has 1 fully saturated rings. The van der Waals surface area contributed by atoms with E-state index in [2.05, 4.69) is 20.2 Å². The van der Waals surface area contributed by atoms with Crippen molar-refractivity contribution in [2.24, 2.45) is 0 Å². The van der Waals surface area contributed by atoms with Gasteiger partial charge in [-0.1, -0.05) is 29.0 Å². The number of carbonyl (C=O) groups excluding carboxylic acids is 1. The lowest BCUT2D eigenvalue weighted by Crippen LogP contribution is -2.27. The smallest absolute Gasteiger partial charge is 0.273 e. The molecule has 1 aliphatic heterocycles. The van der Waals surface area contributed by atoms with E-state index in [1.54, 1.807) is 12.1 Å². The van der Waals surface area contributed by atoms with Crippen molar-refractivity contribution >= 4 is 50.0 Å². The fourth-order valence-corrected chi connectivity index (χ4v) is 4.26. The van der Waals surface area contributed by atoms with Gasteiger partial charge in [-0.05, 0) is 37.5 Å². The van der Waals surface area contributed by atoms with Crippen molar-refractivity contribution in [3.05, 3.63) is 45.5 Å². The Hall–Kier alpha value is -2.45. The highest BCUT2D eigenvalue weighted by molar-refractivity contribution is 7.22. The third-order valence-corrected chi connectivity index (χ3v) is 5.87. The molecule has 2 aromatic heterocycles. The van der Waals surface area contributed by atoms with E-state index in [0.717, 1.165) is 36.6 Å². The summed E-state index contributed by atoms with van der Waals surface area (Å²) < 4.78 is 1.79. The molecule has 0 saturated carbocycles. The molecule has 1 aromatic carbocycles. The van der Waals surface area contributed by atoms with Gasteiger partial charge in [-0.15, -0.1) is 0 Å². The maximum absolute atomic E-state index is 12.7. The van der Waals surface area contributed by atoms with Gasteiger partial charge in [0.25, 0.3) is 5.56 Å². The number of aryl methyl sites for hydroxylation is 1. The van der Waals surface area contributed by atoms with E-state index in [0.29, 0.717) is 21.1 Å². The minimum atomic E-state index is -0.312. The van der Waals surface area contributed by atoms with Gasteiger partial charge in [0.2, 0.25) is 5.91 Å². The molecule has 3 heterocycles. The third-order valence-electron chi connectivity index (χ3n) is 4.54. The summed E-state index contributed by atoms with van der Waals surface area (Å²) in [6.45, 7) is 3.67. The summed E-state index contributed by atoms with van der Waals surface area (Å²) in [5.41, 5.74) is 1.71. The second kappa shape index (κ2) is 7.28. The first-order valence-electron chi connectivity index (χ1n) is 8.68. The van der Waals surface area contributed by atoms with Crippen LogP contribution in [0.3, 0.4) is 0 Å². The number of fused-ring (bicyclic) bond motifs is 1. The average Bonchev–Trinajstić information content (AvgIpc) is 3.30. The van der Waals surface area contributed by atoms with Crippen LogP contribution in [-0.4, -0.2) is 33.5 Å². The molecule has 3 aromatic rings. The summed E-state index contributed by atoms with van der Waals surface area (Å²) >= 11 is 7.32. The van der Waals surface area contributed by atoms with Gasteiger partial charge in [0.15, 0.2) is 10.8 Å². The van der Waals surface area contributed by atoms with Crippen molar-refractivity contribution in [1.29, 1.82) is 0 Å². The Morgan fingerprint density at radius 2 is 2.11 bits per heavy atom. The normalized spacial score (nSPS) is 14.1. The van der Waals surface area contributed by atoms with Crippen LogP contribution in [0.15, 0.2) is 29.3 Å². The lowest BCUT2D eigenvalue weighted by molar-refractivity contribution is -0.116. The molecular weight excluding hydrogens is 386 g/mol. The molecule has 0 radical (unpaired) electrons. The molecule has 7 nitrogen and oxygen atoms in total. The number of anilines is 2. The summed E-state index contributed by atoms with van der Waals surface area (Å²) in [4.78, 5) is 36.0. The van der Waals surface area contributed by atoms with Gasteiger partial charge >= 0.3 is 0 Å². The maximum atomic E-state index is 12.7. The van der Waals surface area contributed by atoms with E-state index in [-0.39, 0.29) is 18.0 Å². The molecule has 4 rings (SSSR count). The van der Waals surface area contributed by atoms with Gasteiger partial charge in [-0.25, -0.2) is 4.98 Å². The number of thiazole rings is 1. The molecule has 0 spiro atoms. The van der Waals surface area contributed by atoms with Crippen molar-refractivity contribution in [1.82, 2.24) is 14.5 Å². The molecule has 9 heteroatoms. The number of benzene rings is 1. The molecule has 1 saturated heterocycles. The van der Waals surface area contributed by atoms with Gasteiger partial charge in [0, 0.05) is 23.8 Å². The van der Waals surface area contributed by atoms with Crippen LogP contribution in [0.4, 0.5) is 10.8 Å². The fraction of sp³-hybridized carbons (Fsp3) is 0.333. The molecule has 0 aliphatic carbocycles. The highest BCUT2D eigenvalue weighted by Crippen LogP contribution is 2.27. The van der Waals surface area contributed by atoms with Crippen LogP contribution in [0.1, 0.15) is 18.4 Å². The number of amides is 1. The summed E-state index contributed by atoms with van der Waals surface area (Å²) in [7, 11) is 0. The Morgan fingerprint density at radius 1 is 1.33 bits per heavy atom. The Labute approximate surface area is 164 Å². The van der Waals surface area contributed by atoms with Crippen LogP contribution >= 0.6 is 22.9 Å². The lowest BCUT2D eigenvalue weighted by atomic mass is 10.2. The summed E-state index contributed by atoms with van der Waals surface area (Å²) in [6.07, 6.45) is 3.65. The molecule has 140 valence electrons. The van der Waals surface area contributed by atoms with Crippen LogP contribution in [0.25, 0.3) is 10.3 Å². The monoisotopic (exact) mass is 403 g/mol. The number of halogens is 1. The fourth-order valence-electron chi connectivity index (χ4n) is 3.06. The van der Waals surface area contributed by atoms with Gasteiger partial charge in [-0.2, -0.15) is 4.98 Å². The minimum Gasteiger partial charge on any atom is -0.348 e. The SMILES string of the molecule is Cc1ccc(Cl)cc1NC(=O)Cn1cnc2nc(N3CCCC3)sc2c1=O. The van der Waals surface area contributed by atoms with E-state index in [1.807, 2.05) is 13.0 Å². The average molecular weight is 404 g/mol. The number of aromatic nitrogens is 3. The Balaban J connectivity index is 1.56. The molecule has 1 aliphatic rings. The van der Waals surface area contributed by atoms with Crippen molar-refractivity contribution in [3.8, 4) is 0 Å². The molecule has 0 bridgehead atoms. The first-order chi connectivity index (χ1) is 13.0. The molecule has 27 heavy (non-hydrogen) atoms. The van der Waals surface area contributed by atoms with Gasteiger partial charge < -0.3 is 10.2 Å². The zero-order valence-electron chi connectivity index (χ0n) is 14.7. The third kappa shape index (κ3) is 3.68. The van der Waals surface area contributed by atoms with Gasteiger partial charge in [-0.3, -0.25) is 14.2 Å². The quantitative estimate of drug-likeness (QED) is 0.724. The van der Waals surface area contributed by atoms with Crippen molar-refractivity contribution in [3.63, 3.8) is 0 Å². The summed E-state index contributed by atoms with van der Waals surface area (Å²) in [5.74, 6) is -0.312. The maximum Gasteiger partial charge on any atom is 0.273 e. The topological polar surface area (TPSA) is 80.1 Å². The van der Waals surface area contributed by atoms with Crippen LogP contribution in [0, 0.1) is 6.92 Å². The van der Waals surface area contributed by atoms with Gasteiger partial charge in [0.05, 0.1) is 0 Å². The molecule has 1 amide bonds. The van der Waals surface area contributed by atoms with Crippen LogP contribution in [0.5, 0.6) is 0 Å². The lowest BCUT2D eigenvalue weighted by Gasteiger charge is -2.11. The minimum absolute atomic E-state index is 0.120. The number of nitrogens with zero attached hydrogens (tertiary/aromatic N) is 4. The standard InChI is InChI=1S/C18H18ClN5O2S/c1-11-4-5-12(19)8-13(11)21-14(25)9-24-10-20-16-15(17(24)26)27-18(22-16)23-6-2-3-7-23/h4-5,8,10H,2-3,6-7,9H2,1H3,(H,21,25). The highest BCUT2D eigenvalue weighted by atomic mass is 35.5. The predicted octanol–water partition coefficient (Wildman–Crippen LogP) is 3.05. The van der Waals surface area contributed by atoms with Crippen molar-refractivity contribution < 1.29 is 4.79 Å². The first kappa shape index (κ1) is 17.9. The zero-order chi connectivity index (χ0) is 19.0. The Bertz CT molecular complexity index is 1070. The van der Waals surface area contributed by atoms with Crippen LogP contribution in [0.2, 0.25) is 5.02 Å². The van der Waals surface area contributed by atoms with E-state index in [9.17, 15) is 9.59 Å². The molecular formula is C18H18ClN5O2S. The second-order valence-electron chi connectivity index (χ2n) is 6.53. The number of hydrogen-bond acceptors (Lipinski definition) is 6. The predicted molar refractivity (Wildman–Crippen MR) is 108 cm³/mol.